The van der Waals surface area contributed by atoms with Crippen molar-refractivity contribution in [2.45, 2.75) is 51.1 Å². The second kappa shape index (κ2) is 7.24. The van der Waals surface area contributed by atoms with Gasteiger partial charge in [0.15, 0.2) is 0 Å². The summed E-state index contributed by atoms with van der Waals surface area (Å²) in [5.41, 5.74) is 1.16. The van der Waals surface area contributed by atoms with Crippen LogP contribution < -0.4 is 10.6 Å². The van der Waals surface area contributed by atoms with Crippen molar-refractivity contribution in [3.8, 4) is 0 Å². The molecule has 1 saturated heterocycles. The molecule has 19 heavy (non-hydrogen) atoms. The van der Waals surface area contributed by atoms with Crippen molar-refractivity contribution < 1.29 is 4.79 Å². The van der Waals surface area contributed by atoms with E-state index in [2.05, 4.69) is 22.5 Å². The van der Waals surface area contributed by atoms with Crippen molar-refractivity contribution in [1.29, 1.82) is 0 Å². The van der Waals surface area contributed by atoms with Crippen LogP contribution in [0.5, 0.6) is 0 Å². The van der Waals surface area contributed by atoms with E-state index in [9.17, 15) is 4.79 Å². The summed E-state index contributed by atoms with van der Waals surface area (Å²) >= 11 is 0. The highest BCUT2D eigenvalue weighted by atomic mass is 16.1. The molecular weight excluding hydrogens is 238 g/mol. The average Bonchev–Trinajstić information content (AvgIpc) is 2.47. The molecule has 1 aliphatic heterocycles. The molecule has 0 unspecified atom stereocenters. The van der Waals surface area contributed by atoms with E-state index in [1.165, 1.54) is 12.8 Å². The molecule has 0 radical (unpaired) electrons. The quantitative estimate of drug-likeness (QED) is 0.847. The Morgan fingerprint density at radius 3 is 2.95 bits per heavy atom. The van der Waals surface area contributed by atoms with E-state index in [0.717, 1.165) is 24.9 Å². The number of piperidine rings is 1. The molecule has 1 fully saturated rings. The van der Waals surface area contributed by atoms with Crippen LogP contribution in [0.15, 0.2) is 24.5 Å². The number of amides is 1. The Morgan fingerprint density at radius 1 is 1.47 bits per heavy atom. The fourth-order valence-electron chi connectivity index (χ4n) is 2.54. The van der Waals surface area contributed by atoms with E-state index < -0.39 is 0 Å². The van der Waals surface area contributed by atoms with E-state index in [4.69, 9.17) is 0 Å². The van der Waals surface area contributed by atoms with Gasteiger partial charge in [0.25, 0.3) is 0 Å². The van der Waals surface area contributed by atoms with Crippen LogP contribution in [-0.4, -0.2) is 29.5 Å². The molecule has 0 saturated carbocycles. The lowest BCUT2D eigenvalue weighted by Gasteiger charge is -2.29. The van der Waals surface area contributed by atoms with Crippen LogP contribution in [0.4, 0.5) is 0 Å². The molecule has 2 atom stereocenters. The Kier molecular flexibility index (Phi) is 5.33. The van der Waals surface area contributed by atoms with Crippen molar-refractivity contribution >= 4 is 5.91 Å². The van der Waals surface area contributed by atoms with Crippen LogP contribution in [0, 0.1) is 0 Å². The highest BCUT2D eigenvalue weighted by Gasteiger charge is 2.20. The van der Waals surface area contributed by atoms with Gasteiger partial charge in [-0.25, -0.2) is 0 Å². The van der Waals surface area contributed by atoms with Gasteiger partial charge in [0.1, 0.15) is 0 Å². The number of carbonyl (C=O) groups excluding carboxylic acids is 1. The summed E-state index contributed by atoms with van der Waals surface area (Å²) in [6, 6.07) is 4.56. The smallest absolute Gasteiger partial charge is 0.220 e. The van der Waals surface area contributed by atoms with Gasteiger partial charge >= 0.3 is 0 Å². The van der Waals surface area contributed by atoms with Gasteiger partial charge in [-0.15, -0.1) is 0 Å². The van der Waals surface area contributed by atoms with E-state index in [0.29, 0.717) is 12.5 Å². The number of hydrogen-bond donors (Lipinski definition) is 2. The molecule has 0 aromatic carbocycles. The maximum absolute atomic E-state index is 11.9. The molecule has 2 rings (SSSR count). The van der Waals surface area contributed by atoms with Crippen LogP contribution in [0.25, 0.3) is 0 Å². The predicted octanol–water partition coefficient (Wildman–Crippen LogP) is 1.66. The summed E-state index contributed by atoms with van der Waals surface area (Å²) in [7, 11) is 0. The first-order chi connectivity index (χ1) is 9.25. The third kappa shape index (κ3) is 4.63. The Hall–Kier alpha value is -1.42. The fourth-order valence-corrected chi connectivity index (χ4v) is 2.54. The zero-order valence-corrected chi connectivity index (χ0v) is 11.6. The van der Waals surface area contributed by atoms with Crippen molar-refractivity contribution in [3.05, 3.63) is 30.1 Å². The number of hydrogen-bond acceptors (Lipinski definition) is 3. The SMILES string of the molecule is C[C@@H](NC(=O)CCc1ccncc1)[C@H]1CCCCN1. The topological polar surface area (TPSA) is 54.0 Å². The first-order valence-corrected chi connectivity index (χ1v) is 7.17. The van der Waals surface area contributed by atoms with Gasteiger partial charge in [0.05, 0.1) is 0 Å². The summed E-state index contributed by atoms with van der Waals surface area (Å²) in [5, 5.41) is 6.58. The molecule has 0 aliphatic carbocycles. The Balaban J connectivity index is 1.71. The van der Waals surface area contributed by atoms with Crippen LogP contribution in [0.1, 0.15) is 38.2 Å². The van der Waals surface area contributed by atoms with Gasteiger partial charge in [0, 0.05) is 30.9 Å². The molecule has 4 heteroatoms. The molecule has 2 heterocycles. The minimum absolute atomic E-state index is 0.136. The van der Waals surface area contributed by atoms with Crippen molar-refractivity contribution in [3.63, 3.8) is 0 Å². The fraction of sp³-hybridized carbons (Fsp3) is 0.600. The Bertz CT molecular complexity index is 388. The van der Waals surface area contributed by atoms with Crippen molar-refractivity contribution in [1.82, 2.24) is 15.6 Å². The highest BCUT2D eigenvalue weighted by molar-refractivity contribution is 5.76. The van der Waals surface area contributed by atoms with Crippen LogP contribution >= 0.6 is 0 Å². The third-order valence-corrected chi connectivity index (χ3v) is 3.73. The van der Waals surface area contributed by atoms with Crippen LogP contribution in [-0.2, 0) is 11.2 Å². The summed E-state index contributed by atoms with van der Waals surface area (Å²) in [6.07, 6.45) is 8.52. The lowest BCUT2D eigenvalue weighted by atomic mass is 9.99. The van der Waals surface area contributed by atoms with Gasteiger partial charge in [-0.05, 0) is 50.4 Å². The third-order valence-electron chi connectivity index (χ3n) is 3.73. The normalized spacial score (nSPS) is 20.8. The van der Waals surface area contributed by atoms with Gasteiger partial charge < -0.3 is 10.6 Å². The maximum atomic E-state index is 11.9. The molecule has 1 amide bonds. The molecule has 104 valence electrons. The summed E-state index contributed by atoms with van der Waals surface area (Å²) in [4.78, 5) is 15.9. The second-order valence-corrected chi connectivity index (χ2v) is 5.27. The largest absolute Gasteiger partial charge is 0.352 e. The Morgan fingerprint density at radius 2 is 2.26 bits per heavy atom. The zero-order chi connectivity index (χ0) is 13.5. The average molecular weight is 261 g/mol. The molecule has 2 N–H and O–H groups in total. The van der Waals surface area contributed by atoms with Gasteiger partial charge in [0.2, 0.25) is 5.91 Å². The monoisotopic (exact) mass is 261 g/mol. The van der Waals surface area contributed by atoms with Crippen molar-refractivity contribution in [2.24, 2.45) is 0 Å². The first kappa shape index (κ1) is 14.0. The molecular formula is C15H23N3O. The molecule has 1 aliphatic rings. The summed E-state index contributed by atoms with van der Waals surface area (Å²) in [5.74, 6) is 0.136. The molecule has 1 aromatic heterocycles. The lowest BCUT2D eigenvalue weighted by molar-refractivity contribution is -0.121. The van der Waals surface area contributed by atoms with Crippen molar-refractivity contribution in [2.75, 3.05) is 6.54 Å². The summed E-state index contributed by atoms with van der Waals surface area (Å²) < 4.78 is 0. The predicted molar refractivity (Wildman–Crippen MR) is 75.8 cm³/mol. The first-order valence-electron chi connectivity index (χ1n) is 7.17. The number of aromatic nitrogens is 1. The number of rotatable bonds is 5. The zero-order valence-electron chi connectivity index (χ0n) is 11.6. The maximum Gasteiger partial charge on any atom is 0.220 e. The van der Waals surface area contributed by atoms with E-state index in [-0.39, 0.29) is 11.9 Å². The standard InChI is InChI=1S/C15H23N3O/c1-12(14-4-2-3-9-17-14)18-15(19)6-5-13-7-10-16-11-8-13/h7-8,10-12,14,17H,2-6,9H2,1H3,(H,18,19)/t12-,14-/m1/s1. The number of carbonyl (C=O) groups is 1. The number of aryl methyl sites for hydroxylation is 1. The second-order valence-electron chi connectivity index (χ2n) is 5.27. The molecule has 0 bridgehead atoms. The number of nitrogens with one attached hydrogen (secondary N) is 2. The number of nitrogens with zero attached hydrogens (tertiary/aromatic N) is 1. The molecule has 4 nitrogen and oxygen atoms in total. The molecule has 0 spiro atoms. The highest BCUT2D eigenvalue weighted by Crippen LogP contribution is 2.10. The minimum atomic E-state index is 0.136. The number of pyridine rings is 1. The lowest BCUT2D eigenvalue weighted by Crippen LogP contribution is -2.50. The van der Waals surface area contributed by atoms with E-state index >= 15 is 0 Å². The summed E-state index contributed by atoms with van der Waals surface area (Å²) in [6.45, 7) is 3.16. The Labute approximate surface area is 115 Å². The van der Waals surface area contributed by atoms with Gasteiger partial charge in [-0.1, -0.05) is 6.42 Å². The molecule has 1 aromatic rings. The van der Waals surface area contributed by atoms with E-state index in [1.807, 2.05) is 12.1 Å². The van der Waals surface area contributed by atoms with Gasteiger partial charge in [-0.3, -0.25) is 9.78 Å². The van der Waals surface area contributed by atoms with Crippen LogP contribution in [0.2, 0.25) is 0 Å². The van der Waals surface area contributed by atoms with Gasteiger partial charge in [-0.2, -0.15) is 0 Å². The van der Waals surface area contributed by atoms with E-state index in [1.54, 1.807) is 12.4 Å². The van der Waals surface area contributed by atoms with Crippen LogP contribution in [0.3, 0.4) is 0 Å². The minimum Gasteiger partial charge on any atom is -0.352 e.